The van der Waals surface area contributed by atoms with Crippen molar-refractivity contribution in [3.63, 3.8) is 0 Å². The molecule has 2 aromatic rings. The molecular formula is C15H16F2N2O. The van der Waals surface area contributed by atoms with Gasteiger partial charge in [-0.1, -0.05) is 30.3 Å². The second kappa shape index (κ2) is 5.46. The van der Waals surface area contributed by atoms with Crippen LogP contribution in [0.4, 0.5) is 20.2 Å². The van der Waals surface area contributed by atoms with Crippen LogP contribution in [0.1, 0.15) is 12.5 Å². The average Bonchev–Trinajstić information content (AvgIpc) is 2.45. The molecule has 2 rings (SSSR count). The van der Waals surface area contributed by atoms with Crippen LogP contribution in [-0.4, -0.2) is 11.7 Å². The molecule has 0 aliphatic rings. The number of nitrogens with one attached hydrogen (secondary N) is 1. The summed E-state index contributed by atoms with van der Waals surface area (Å²) in [6, 6.07) is 10.9. The molecule has 0 bridgehead atoms. The number of benzene rings is 2. The third kappa shape index (κ3) is 2.72. The number of nitrogen functional groups attached to an aromatic ring is 1. The van der Waals surface area contributed by atoms with Crippen molar-refractivity contribution in [1.29, 1.82) is 0 Å². The third-order valence-corrected chi connectivity index (χ3v) is 3.23. The van der Waals surface area contributed by atoms with E-state index in [1.165, 1.54) is 0 Å². The standard InChI is InChI=1S/C15H16F2N2O/c1-15(9-20,10-5-3-2-4-6-10)19-13-8-11(16)7-12(17)14(13)18/h2-8,19-20H,9,18H2,1H3. The van der Waals surface area contributed by atoms with Crippen LogP contribution >= 0.6 is 0 Å². The summed E-state index contributed by atoms with van der Waals surface area (Å²) in [4.78, 5) is 0. The monoisotopic (exact) mass is 278 g/mol. The van der Waals surface area contributed by atoms with Crippen LogP contribution in [-0.2, 0) is 5.54 Å². The van der Waals surface area contributed by atoms with E-state index >= 15 is 0 Å². The molecule has 0 radical (unpaired) electrons. The molecule has 0 amide bonds. The van der Waals surface area contributed by atoms with Crippen LogP contribution in [0.25, 0.3) is 0 Å². The van der Waals surface area contributed by atoms with E-state index in [-0.39, 0.29) is 18.0 Å². The number of aliphatic hydroxyl groups is 1. The number of halogens is 2. The molecule has 0 aromatic heterocycles. The van der Waals surface area contributed by atoms with Crippen LogP contribution in [0, 0.1) is 11.6 Å². The van der Waals surface area contributed by atoms with Gasteiger partial charge in [-0.05, 0) is 18.6 Å². The van der Waals surface area contributed by atoms with Gasteiger partial charge in [0.1, 0.15) is 5.82 Å². The van der Waals surface area contributed by atoms with E-state index in [0.29, 0.717) is 0 Å². The normalized spacial score (nSPS) is 13.8. The van der Waals surface area contributed by atoms with Gasteiger partial charge in [-0.25, -0.2) is 8.78 Å². The van der Waals surface area contributed by atoms with Gasteiger partial charge in [0.05, 0.1) is 23.5 Å². The summed E-state index contributed by atoms with van der Waals surface area (Å²) in [6.07, 6.45) is 0. The van der Waals surface area contributed by atoms with Crippen molar-refractivity contribution >= 4 is 11.4 Å². The van der Waals surface area contributed by atoms with E-state index in [2.05, 4.69) is 5.32 Å². The van der Waals surface area contributed by atoms with Crippen molar-refractivity contribution < 1.29 is 13.9 Å². The molecule has 0 fully saturated rings. The fraction of sp³-hybridized carbons (Fsp3) is 0.200. The zero-order valence-electron chi connectivity index (χ0n) is 11.0. The van der Waals surface area contributed by atoms with Gasteiger partial charge in [0, 0.05) is 6.07 Å². The highest BCUT2D eigenvalue weighted by molar-refractivity contribution is 5.68. The zero-order chi connectivity index (χ0) is 14.8. The Morgan fingerprint density at radius 1 is 1.20 bits per heavy atom. The molecule has 1 unspecified atom stereocenters. The summed E-state index contributed by atoms with van der Waals surface area (Å²) >= 11 is 0. The van der Waals surface area contributed by atoms with E-state index in [0.717, 1.165) is 17.7 Å². The maximum Gasteiger partial charge on any atom is 0.151 e. The van der Waals surface area contributed by atoms with Gasteiger partial charge in [-0.15, -0.1) is 0 Å². The Labute approximate surface area is 116 Å². The van der Waals surface area contributed by atoms with Crippen LogP contribution < -0.4 is 11.1 Å². The second-order valence-electron chi connectivity index (χ2n) is 4.83. The second-order valence-corrected chi connectivity index (χ2v) is 4.83. The van der Waals surface area contributed by atoms with E-state index < -0.39 is 17.2 Å². The Balaban J connectivity index is 2.41. The Hall–Kier alpha value is -2.14. The summed E-state index contributed by atoms with van der Waals surface area (Å²) in [6.45, 7) is 1.47. The molecule has 0 saturated carbocycles. The molecule has 5 heteroatoms. The highest BCUT2D eigenvalue weighted by Gasteiger charge is 2.26. The summed E-state index contributed by atoms with van der Waals surface area (Å²) in [5, 5.41) is 12.6. The minimum atomic E-state index is -0.893. The lowest BCUT2D eigenvalue weighted by Gasteiger charge is -2.31. The predicted octanol–water partition coefficient (Wildman–Crippen LogP) is 2.87. The number of hydrogen-bond acceptors (Lipinski definition) is 3. The van der Waals surface area contributed by atoms with Crippen LogP contribution in [0.15, 0.2) is 42.5 Å². The zero-order valence-corrected chi connectivity index (χ0v) is 11.0. The number of anilines is 2. The van der Waals surface area contributed by atoms with E-state index in [1.807, 2.05) is 30.3 Å². The summed E-state index contributed by atoms with van der Waals surface area (Å²) in [5.41, 5.74) is 5.43. The van der Waals surface area contributed by atoms with E-state index in [1.54, 1.807) is 6.92 Å². The smallest absolute Gasteiger partial charge is 0.151 e. The molecule has 106 valence electrons. The molecule has 2 aromatic carbocycles. The fourth-order valence-corrected chi connectivity index (χ4v) is 1.99. The highest BCUT2D eigenvalue weighted by atomic mass is 19.1. The topological polar surface area (TPSA) is 58.3 Å². The van der Waals surface area contributed by atoms with Crippen molar-refractivity contribution in [2.75, 3.05) is 17.7 Å². The van der Waals surface area contributed by atoms with E-state index in [4.69, 9.17) is 5.73 Å². The minimum Gasteiger partial charge on any atom is -0.395 e. The summed E-state index contributed by atoms with van der Waals surface area (Å²) in [5.74, 6) is -1.56. The van der Waals surface area contributed by atoms with Gasteiger partial charge in [-0.2, -0.15) is 0 Å². The molecule has 0 aliphatic carbocycles. The largest absolute Gasteiger partial charge is 0.395 e. The van der Waals surface area contributed by atoms with Crippen molar-refractivity contribution in [2.45, 2.75) is 12.5 Å². The quantitative estimate of drug-likeness (QED) is 0.754. The lowest BCUT2D eigenvalue weighted by atomic mass is 9.92. The van der Waals surface area contributed by atoms with Crippen LogP contribution in [0.2, 0.25) is 0 Å². The molecular weight excluding hydrogens is 262 g/mol. The Kier molecular flexibility index (Phi) is 3.90. The molecule has 3 nitrogen and oxygen atoms in total. The molecule has 0 heterocycles. The maximum absolute atomic E-state index is 13.5. The SMILES string of the molecule is CC(CO)(Nc1cc(F)cc(F)c1N)c1ccccc1. The summed E-state index contributed by atoms with van der Waals surface area (Å²) < 4.78 is 26.7. The van der Waals surface area contributed by atoms with Gasteiger partial charge in [0.25, 0.3) is 0 Å². The highest BCUT2D eigenvalue weighted by Crippen LogP contribution is 2.30. The predicted molar refractivity (Wildman–Crippen MR) is 75.3 cm³/mol. The van der Waals surface area contributed by atoms with Crippen molar-refractivity contribution in [2.24, 2.45) is 0 Å². The van der Waals surface area contributed by atoms with Gasteiger partial charge < -0.3 is 16.2 Å². The van der Waals surface area contributed by atoms with Crippen molar-refractivity contribution in [3.05, 3.63) is 59.7 Å². The Bertz CT molecular complexity index is 604. The van der Waals surface area contributed by atoms with Gasteiger partial charge in [-0.3, -0.25) is 0 Å². The number of rotatable bonds is 4. The first-order chi connectivity index (χ1) is 9.46. The lowest BCUT2D eigenvalue weighted by Crippen LogP contribution is -2.36. The van der Waals surface area contributed by atoms with Gasteiger partial charge >= 0.3 is 0 Å². The molecule has 0 saturated heterocycles. The minimum absolute atomic E-state index is 0.114. The Morgan fingerprint density at radius 2 is 1.85 bits per heavy atom. The number of aliphatic hydroxyl groups excluding tert-OH is 1. The third-order valence-electron chi connectivity index (χ3n) is 3.23. The molecule has 0 spiro atoms. The molecule has 1 atom stereocenters. The fourth-order valence-electron chi connectivity index (χ4n) is 1.99. The molecule has 20 heavy (non-hydrogen) atoms. The van der Waals surface area contributed by atoms with Gasteiger partial charge in [0.15, 0.2) is 5.82 Å². The number of hydrogen-bond donors (Lipinski definition) is 3. The number of nitrogens with two attached hydrogens (primary N) is 1. The Morgan fingerprint density at radius 3 is 2.45 bits per heavy atom. The van der Waals surface area contributed by atoms with Crippen molar-refractivity contribution in [1.82, 2.24) is 0 Å². The lowest BCUT2D eigenvalue weighted by molar-refractivity contribution is 0.224. The van der Waals surface area contributed by atoms with Crippen molar-refractivity contribution in [3.8, 4) is 0 Å². The molecule has 4 N–H and O–H groups in total. The molecule has 0 aliphatic heterocycles. The van der Waals surface area contributed by atoms with Gasteiger partial charge in [0.2, 0.25) is 0 Å². The summed E-state index contributed by atoms with van der Waals surface area (Å²) in [7, 11) is 0. The van der Waals surface area contributed by atoms with E-state index in [9.17, 15) is 13.9 Å². The first-order valence-electron chi connectivity index (χ1n) is 6.15. The van der Waals surface area contributed by atoms with Crippen LogP contribution in [0.5, 0.6) is 0 Å². The average molecular weight is 278 g/mol. The maximum atomic E-state index is 13.5. The first kappa shape index (κ1) is 14.3. The first-order valence-corrected chi connectivity index (χ1v) is 6.15. The van der Waals surface area contributed by atoms with Crippen LogP contribution in [0.3, 0.4) is 0 Å².